The zero-order chi connectivity index (χ0) is 21.3. The highest BCUT2D eigenvalue weighted by molar-refractivity contribution is 6.31. The monoisotopic (exact) mass is 422 g/mol. The van der Waals surface area contributed by atoms with Gasteiger partial charge in [-0.1, -0.05) is 54.9 Å². The van der Waals surface area contributed by atoms with E-state index in [9.17, 15) is 9.59 Å². The summed E-state index contributed by atoms with van der Waals surface area (Å²) in [5.41, 5.74) is 2.17. The van der Waals surface area contributed by atoms with Crippen molar-refractivity contribution in [2.45, 2.75) is 20.0 Å². The van der Waals surface area contributed by atoms with Crippen molar-refractivity contribution in [1.82, 2.24) is 5.32 Å². The van der Waals surface area contributed by atoms with Gasteiger partial charge in [0.15, 0.2) is 0 Å². The largest absolute Gasteiger partial charge is 0.489 e. The second-order valence-corrected chi connectivity index (χ2v) is 7.07. The summed E-state index contributed by atoms with van der Waals surface area (Å²) in [6.45, 7) is 2.85. The number of carbonyl (C=O) groups is 2. The van der Waals surface area contributed by atoms with E-state index in [0.29, 0.717) is 40.7 Å². The molecular weight excluding hydrogens is 400 g/mol. The van der Waals surface area contributed by atoms with E-state index in [4.69, 9.17) is 16.3 Å². The molecule has 0 saturated heterocycles. The molecule has 3 aromatic carbocycles. The van der Waals surface area contributed by atoms with Gasteiger partial charge < -0.3 is 15.4 Å². The fraction of sp³-hybridized carbons (Fsp3) is 0.167. The summed E-state index contributed by atoms with van der Waals surface area (Å²) in [6.07, 6.45) is 0.835. The first kappa shape index (κ1) is 21.4. The first-order valence-electron chi connectivity index (χ1n) is 9.73. The van der Waals surface area contributed by atoms with E-state index in [-0.39, 0.29) is 11.8 Å². The number of rotatable bonds is 8. The molecule has 0 fully saturated rings. The number of carbonyl (C=O) groups excluding carboxylic acids is 2. The Kier molecular flexibility index (Phi) is 7.46. The molecule has 0 aliphatic heterocycles. The molecule has 3 aromatic rings. The zero-order valence-corrected chi connectivity index (χ0v) is 17.4. The van der Waals surface area contributed by atoms with Gasteiger partial charge in [0.2, 0.25) is 0 Å². The van der Waals surface area contributed by atoms with Crippen LogP contribution in [0.3, 0.4) is 0 Å². The number of hydrogen-bond donors (Lipinski definition) is 2. The van der Waals surface area contributed by atoms with Crippen molar-refractivity contribution in [3.8, 4) is 5.75 Å². The summed E-state index contributed by atoms with van der Waals surface area (Å²) < 4.78 is 5.79. The highest BCUT2D eigenvalue weighted by Crippen LogP contribution is 2.21. The number of ether oxygens (including phenoxy) is 1. The van der Waals surface area contributed by atoms with Crippen molar-refractivity contribution in [1.29, 1.82) is 0 Å². The first-order chi connectivity index (χ1) is 14.6. The SMILES string of the molecule is CCCNC(=O)c1ccccc1NC(=O)c1cccc(OCc2ccccc2Cl)c1. The smallest absolute Gasteiger partial charge is 0.255 e. The van der Waals surface area contributed by atoms with Gasteiger partial charge in [-0.2, -0.15) is 0 Å². The molecule has 3 rings (SSSR count). The molecule has 2 N–H and O–H groups in total. The molecule has 0 aliphatic carbocycles. The third-order valence-corrected chi connectivity index (χ3v) is 4.77. The van der Waals surface area contributed by atoms with E-state index in [2.05, 4.69) is 10.6 Å². The molecule has 0 radical (unpaired) electrons. The number of anilines is 1. The molecule has 5 nitrogen and oxygen atoms in total. The first-order valence-corrected chi connectivity index (χ1v) is 10.1. The van der Waals surface area contributed by atoms with Gasteiger partial charge in [-0.15, -0.1) is 0 Å². The van der Waals surface area contributed by atoms with Gasteiger partial charge in [0, 0.05) is 22.7 Å². The summed E-state index contributed by atoms with van der Waals surface area (Å²) in [6, 6.07) is 21.2. The van der Waals surface area contributed by atoms with Crippen LogP contribution in [0.25, 0.3) is 0 Å². The van der Waals surface area contributed by atoms with Gasteiger partial charge in [0.25, 0.3) is 11.8 Å². The van der Waals surface area contributed by atoms with Crippen molar-refractivity contribution in [2.75, 3.05) is 11.9 Å². The van der Waals surface area contributed by atoms with Crippen molar-refractivity contribution in [2.24, 2.45) is 0 Å². The van der Waals surface area contributed by atoms with Gasteiger partial charge in [-0.05, 0) is 42.8 Å². The lowest BCUT2D eigenvalue weighted by atomic mass is 10.1. The lowest BCUT2D eigenvalue weighted by Crippen LogP contribution is -2.25. The Morgan fingerprint density at radius 3 is 2.50 bits per heavy atom. The molecule has 0 heterocycles. The maximum atomic E-state index is 12.8. The molecule has 0 aromatic heterocycles. The normalized spacial score (nSPS) is 10.3. The molecule has 0 aliphatic rings. The summed E-state index contributed by atoms with van der Waals surface area (Å²) in [4.78, 5) is 25.1. The molecule has 0 spiro atoms. The van der Waals surface area contributed by atoms with E-state index < -0.39 is 0 Å². The van der Waals surface area contributed by atoms with Crippen LogP contribution in [-0.4, -0.2) is 18.4 Å². The quantitative estimate of drug-likeness (QED) is 0.516. The lowest BCUT2D eigenvalue weighted by molar-refractivity contribution is 0.0954. The molecule has 0 bridgehead atoms. The Labute approximate surface area is 181 Å². The predicted octanol–water partition coefficient (Wildman–Crippen LogP) is 5.31. The Hall–Kier alpha value is -3.31. The van der Waals surface area contributed by atoms with Crippen LogP contribution in [0.1, 0.15) is 39.6 Å². The Morgan fingerprint density at radius 1 is 0.933 bits per heavy atom. The maximum Gasteiger partial charge on any atom is 0.255 e. The second kappa shape index (κ2) is 10.5. The minimum absolute atomic E-state index is 0.218. The number of benzene rings is 3. The number of para-hydroxylation sites is 1. The van der Waals surface area contributed by atoms with Crippen LogP contribution in [-0.2, 0) is 6.61 Å². The standard InChI is InChI=1S/C24H23ClN2O3/c1-2-14-26-24(29)20-11-4-6-13-22(20)27-23(28)17-9-7-10-19(15-17)30-16-18-8-3-5-12-21(18)25/h3-13,15H,2,14,16H2,1H3,(H,26,29)(H,27,28). The number of amides is 2. The van der Waals surface area contributed by atoms with E-state index in [0.717, 1.165) is 12.0 Å². The Bertz CT molecular complexity index is 1040. The van der Waals surface area contributed by atoms with Crippen LogP contribution in [0, 0.1) is 0 Å². The van der Waals surface area contributed by atoms with Gasteiger partial charge in [0.05, 0.1) is 11.3 Å². The molecule has 2 amide bonds. The van der Waals surface area contributed by atoms with Crippen molar-refractivity contribution in [3.63, 3.8) is 0 Å². The minimum Gasteiger partial charge on any atom is -0.489 e. The zero-order valence-electron chi connectivity index (χ0n) is 16.7. The van der Waals surface area contributed by atoms with Crippen molar-refractivity contribution >= 4 is 29.1 Å². The van der Waals surface area contributed by atoms with Crippen molar-refractivity contribution < 1.29 is 14.3 Å². The highest BCUT2D eigenvalue weighted by Gasteiger charge is 2.14. The third kappa shape index (κ3) is 5.61. The van der Waals surface area contributed by atoms with Crippen LogP contribution in [0.5, 0.6) is 5.75 Å². The molecule has 0 unspecified atom stereocenters. The topological polar surface area (TPSA) is 67.4 Å². The molecule has 0 saturated carbocycles. The predicted molar refractivity (Wildman–Crippen MR) is 119 cm³/mol. The van der Waals surface area contributed by atoms with Gasteiger partial charge in [-0.25, -0.2) is 0 Å². The fourth-order valence-corrected chi connectivity index (χ4v) is 3.01. The average Bonchev–Trinajstić information content (AvgIpc) is 2.77. The third-order valence-electron chi connectivity index (χ3n) is 4.40. The van der Waals surface area contributed by atoms with E-state index in [1.807, 2.05) is 25.1 Å². The second-order valence-electron chi connectivity index (χ2n) is 6.66. The molecule has 6 heteroatoms. The van der Waals surface area contributed by atoms with Gasteiger partial charge >= 0.3 is 0 Å². The molecular formula is C24H23ClN2O3. The van der Waals surface area contributed by atoms with E-state index in [1.54, 1.807) is 54.6 Å². The van der Waals surface area contributed by atoms with Crippen LogP contribution >= 0.6 is 11.6 Å². The minimum atomic E-state index is -0.325. The van der Waals surface area contributed by atoms with Gasteiger partial charge in [0.1, 0.15) is 12.4 Å². The van der Waals surface area contributed by atoms with Crippen LogP contribution in [0.15, 0.2) is 72.8 Å². The van der Waals surface area contributed by atoms with Crippen LogP contribution in [0.2, 0.25) is 5.02 Å². The van der Waals surface area contributed by atoms with Crippen LogP contribution in [0.4, 0.5) is 5.69 Å². The number of nitrogens with one attached hydrogen (secondary N) is 2. The van der Waals surface area contributed by atoms with Crippen molar-refractivity contribution in [3.05, 3.63) is 94.5 Å². The summed E-state index contributed by atoms with van der Waals surface area (Å²) in [5.74, 6) is 0.00931. The van der Waals surface area contributed by atoms with Crippen LogP contribution < -0.4 is 15.4 Å². The maximum absolute atomic E-state index is 12.8. The number of halogens is 1. The highest BCUT2D eigenvalue weighted by atomic mass is 35.5. The fourth-order valence-electron chi connectivity index (χ4n) is 2.82. The van der Waals surface area contributed by atoms with E-state index >= 15 is 0 Å². The summed E-state index contributed by atoms with van der Waals surface area (Å²) >= 11 is 6.16. The average molecular weight is 423 g/mol. The number of hydrogen-bond acceptors (Lipinski definition) is 3. The Morgan fingerprint density at radius 2 is 1.70 bits per heavy atom. The summed E-state index contributed by atoms with van der Waals surface area (Å²) in [7, 11) is 0. The molecule has 30 heavy (non-hydrogen) atoms. The van der Waals surface area contributed by atoms with E-state index in [1.165, 1.54) is 0 Å². The molecule has 0 atom stereocenters. The Balaban J connectivity index is 1.70. The lowest BCUT2D eigenvalue weighted by Gasteiger charge is -2.12. The molecule has 154 valence electrons. The summed E-state index contributed by atoms with van der Waals surface area (Å²) in [5, 5.41) is 6.27. The van der Waals surface area contributed by atoms with Gasteiger partial charge in [-0.3, -0.25) is 9.59 Å².